The lowest BCUT2D eigenvalue weighted by atomic mass is 9.98. The highest BCUT2D eigenvalue weighted by atomic mass is 35.5. The molecular weight excluding hydrogens is 352 g/mol. The lowest BCUT2D eigenvalue weighted by Crippen LogP contribution is -2.36. The Labute approximate surface area is 158 Å². The predicted molar refractivity (Wildman–Crippen MR) is 103 cm³/mol. The minimum absolute atomic E-state index is 0.423. The van der Waals surface area contributed by atoms with Crippen LogP contribution in [0.2, 0.25) is 5.15 Å². The fourth-order valence-electron chi connectivity index (χ4n) is 2.84. The Morgan fingerprint density at radius 1 is 1.15 bits per heavy atom. The van der Waals surface area contributed by atoms with E-state index in [-0.39, 0.29) is 0 Å². The Balaban J connectivity index is 1.43. The van der Waals surface area contributed by atoms with Gasteiger partial charge >= 0.3 is 0 Å². The van der Waals surface area contributed by atoms with Crippen molar-refractivity contribution in [2.75, 3.05) is 31.2 Å². The van der Waals surface area contributed by atoms with Gasteiger partial charge in [-0.15, -0.1) is 10.2 Å². The van der Waals surface area contributed by atoms with E-state index in [4.69, 9.17) is 21.2 Å². The molecule has 0 amide bonds. The van der Waals surface area contributed by atoms with E-state index >= 15 is 0 Å². The van der Waals surface area contributed by atoms with Gasteiger partial charge < -0.3 is 14.5 Å². The molecule has 0 atom stereocenters. The van der Waals surface area contributed by atoms with Crippen LogP contribution in [0.1, 0.15) is 25.3 Å². The minimum atomic E-state index is 0.423. The van der Waals surface area contributed by atoms with Crippen LogP contribution < -0.4 is 9.64 Å². The van der Waals surface area contributed by atoms with Crippen molar-refractivity contribution in [1.29, 1.82) is 0 Å². The quantitative estimate of drug-likeness (QED) is 0.545. The number of halogens is 1. The third-order valence-corrected chi connectivity index (χ3v) is 4.53. The zero-order chi connectivity index (χ0) is 18.2. The summed E-state index contributed by atoms with van der Waals surface area (Å²) in [6.07, 6.45) is 3.84. The molecule has 7 heteroatoms. The second-order valence-electron chi connectivity index (χ2n) is 6.18. The normalized spacial score (nSPS) is 15.4. The van der Waals surface area contributed by atoms with Gasteiger partial charge in [-0.05, 0) is 67.6 Å². The number of hydrogen-bond donors (Lipinski definition) is 0. The van der Waals surface area contributed by atoms with E-state index < -0.39 is 0 Å². The summed E-state index contributed by atoms with van der Waals surface area (Å²) in [5.41, 5.74) is 0.989. The van der Waals surface area contributed by atoms with E-state index in [0.717, 1.165) is 49.7 Å². The van der Waals surface area contributed by atoms with Crippen LogP contribution in [0.3, 0.4) is 0 Å². The van der Waals surface area contributed by atoms with Crippen molar-refractivity contribution in [1.82, 2.24) is 10.2 Å². The van der Waals surface area contributed by atoms with Crippen molar-refractivity contribution in [3.8, 4) is 5.75 Å². The molecule has 1 aromatic heterocycles. The van der Waals surface area contributed by atoms with Crippen LogP contribution in [0.15, 0.2) is 41.6 Å². The molecule has 0 saturated carbocycles. The third kappa shape index (κ3) is 5.33. The highest BCUT2D eigenvalue weighted by Crippen LogP contribution is 2.23. The Hall–Kier alpha value is -2.34. The first kappa shape index (κ1) is 18.5. The monoisotopic (exact) mass is 374 g/mol. The molecule has 1 saturated heterocycles. The van der Waals surface area contributed by atoms with Gasteiger partial charge in [-0.25, -0.2) is 0 Å². The van der Waals surface area contributed by atoms with Crippen molar-refractivity contribution in [2.24, 2.45) is 11.1 Å². The lowest BCUT2D eigenvalue weighted by Gasteiger charge is -2.32. The van der Waals surface area contributed by atoms with Gasteiger partial charge in [-0.1, -0.05) is 16.8 Å². The van der Waals surface area contributed by atoms with Crippen LogP contribution in [-0.2, 0) is 4.84 Å². The second kappa shape index (κ2) is 9.38. The lowest BCUT2D eigenvalue weighted by molar-refractivity contribution is 0.160. The maximum absolute atomic E-state index is 5.94. The molecule has 0 unspecified atom stereocenters. The average molecular weight is 375 g/mol. The Kier molecular flexibility index (Phi) is 6.66. The Bertz CT molecular complexity index is 698. The molecule has 138 valence electrons. The van der Waals surface area contributed by atoms with Crippen molar-refractivity contribution < 1.29 is 9.57 Å². The van der Waals surface area contributed by atoms with Gasteiger partial charge in [0.15, 0.2) is 11.0 Å². The zero-order valence-electron chi connectivity index (χ0n) is 14.8. The molecule has 3 rings (SSSR count). The van der Waals surface area contributed by atoms with E-state index in [1.165, 1.54) is 0 Å². The first-order chi connectivity index (χ1) is 12.7. The molecule has 1 aliphatic rings. The van der Waals surface area contributed by atoms with Crippen LogP contribution >= 0.6 is 11.6 Å². The molecule has 1 fully saturated rings. The highest BCUT2D eigenvalue weighted by Gasteiger charge is 2.21. The van der Waals surface area contributed by atoms with Crippen molar-refractivity contribution in [3.63, 3.8) is 0 Å². The molecule has 0 N–H and O–H groups in total. The number of benzene rings is 1. The summed E-state index contributed by atoms with van der Waals surface area (Å²) in [5, 5.41) is 12.3. The minimum Gasteiger partial charge on any atom is -0.493 e. The topological polar surface area (TPSA) is 59.8 Å². The largest absolute Gasteiger partial charge is 0.493 e. The van der Waals surface area contributed by atoms with Crippen molar-refractivity contribution in [2.45, 2.75) is 19.8 Å². The summed E-state index contributed by atoms with van der Waals surface area (Å²) >= 11 is 5.79. The van der Waals surface area contributed by atoms with Gasteiger partial charge in [0, 0.05) is 13.1 Å². The van der Waals surface area contributed by atoms with Crippen LogP contribution in [0.25, 0.3) is 0 Å². The highest BCUT2D eigenvalue weighted by molar-refractivity contribution is 6.29. The number of piperidine rings is 1. The van der Waals surface area contributed by atoms with Crippen LogP contribution in [0.4, 0.5) is 5.82 Å². The van der Waals surface area contributed by atoms with E-state index in [1.54, 1.807) is 12.3 Å². The van der Waals surface area contributed by atoms with Gasteiger partial charge in [-0.2, -0.15) is 0 Å². The van der Waals surface area contributed by atoms with Gasteiger partial charge in [0.25, 0.3) is 0 Å². The van der Waals surface area contributed by atoms with Crippen LogP contribution in [-0.4, -0.2) is 42.7 Å². The maximum atomic E-state index is 5.94. The smallest absolute Gasteiger partial charge is 0.151 e. The standard InChI is InChI=1S/C19H23ClN4O2/c1-2-26-21-13-15-3-5-17(6-4-15)25-14-16-9-11-24(12-10-16)19-8-7-18(20)22-23-19/h3-8,13,16H,2,9-12,14H2,1H3. The van der Waals surface area contributed by atoms with E-state index in [2.05, 4.69) is 20.3 Å². The van der Waals surface area contributed by atoms with Gasteiger partial charge in [-0.3, -0.25) is 0 Å². The average Bonchev–Trinajstić information content (AvgIpc) is 2.69. The van der Waals surface area contributed by atoms with Crippen molar-refractivity contribution >= 4 is 23.6 Å². The molecule has 2 aromatic rings. The fraction of sp³-hybridized carbons (Fsp3) is 0.421. The molecule has 0 bridgehead atoms. The number of anilines is 1. The number of rotatable bonds is 7. The fourth-order valence-corrected chi connectivity index (χ4v) is 2.94. The molecule has 1 aliphatic heterocycles. The summed E-state index contributed by atoms with van der Waals surface area (Å²) in [5.74, 6) is 2.31. The number of hydrogen-bond acceptors (Lipinski definition) is 6. The van der Waals surface area contributed by atoms with Crippen LogP contribution in [0.5, 0.6) is 5.75 Å². The van der Waals surface area contributed by atoms with Gasteiger partial charge in [0.2, 0.25) is 0 Å². The number of oxime groups is 1. The van der Waals surface area contributed by atoms with Crippen LogP contribution in [0, 0.1) is 5.92 Å². The summed E-state index contributed by atoms with van der Waals surface area (Å²) in [7, 11) is 0. The van der Waals surface area contributed by atoms with E-state index in [9.17, 15) is 0 Å². The summed E-state index contributed by atoms with van der Waals surface area (Å²) in [6, 6.07) is 11.6. The van der Waals surface area contributed by atoms with Gasteiger partial charge in [0.05, 0.1) is 12.8 Å². The maximum Gasteiger partial charge on any atom is 0.151 e. The molecule has 1 aromatic carbocycles. The molecule has 6 nitrogen and oxygen atoms in total. The predicted octanol–water partition coefficient (Wildman–Crippen LogP) is 3.80. The molecule has 26 heavy (non-hydrogen) atoms. The zero-order valence-corrected chi connectivity index (χ0v) is 15.6. The van der Waals surface area contributed by atoms with Gasteiger partial charge in [0.1, 0.15) is 12.4 Å². The third-order valence-electron chi connectivity index (χ3n) is 4.33. The summed E-state index contributed by atoms with van der Waals surface area (Å²) in [4.78, 5) is 7.20. The first-order valence-electron chi connectivity index (χ1n) is 8.87. The SMILES string of the molecule is CCON=Cc1ccc(OCC2CCN(c3ccc(Cl)nn3)CC2)cc1. The molecule has 0 spiro atoms. The second-order valence-corrected chi connectivity index (χ2v) is 6.56. The summed E-state index contributed by atoms with van der Waals surface area (Å²) < 4.78 is 5.94. The summed E-state index contributed by atoms with van der Waals surface area (Å²) in [6.45, 7) is 5.11. The number of ether oxygens (including phenoxy) is 1. The Morgan fingerprint density at radius 3 is 2.58 bits per heavy atom. The van der Waals surface area contributed by atoms with E-state index in [0.29, 0.717) is 17.7 Å². The van der Waals surface area contributed by atoms with E-state index in [1.807, 2.05) is 37.3 Å². The van der Waals surface area contributed by atoms with Crippen molar-refractivity contribution in [3.05, 3.63) is 47.1 Å². The first-order valence-corrected chi connectivity index (χ1v) is 9.25. The molecule has 0 aliphatic carbocycles. The molecular formula is C19H23ClN4O2. The number of nitrogens with zero attached hydrogens (tertiary/aromatic N) is 4. The molecule has 2 heterocycles. The molecule has 0 radical (unpaired) electrons. The number of aromatic nitrogens is 2. The Morgan fingerprint density at radius 2 is 1.92 bits per heavy atom.